The molecule has 1 atom stereocenters. The van der Waals surface area contributed by atoms with Crippen LogP contribution in [-0.2, 0) is 4.84 Å². The molecule has 1 heterocycles. The molecule has 0 fully saturated rings. The standard InChI is InChI=1S/C13H16FN3O2/c1-9-7-13(2,19-17-9)8-15-12(18)16-11-5-3-10(14)4-6-11/h3-6H,7-8H2,1-2H3,(H2,15,16,18)/t13-/m1/s1. The third kappa shape index (κ3) is 3.67. The summed E-state index contributed by atoms with van der Waals surface area (Å²) in [6.45, 7) is 4.11. The first-order chi connectivity index (χ1) is 8.97. The van der Waals surface area contributed by atoms with Gasteiger partial charge < -0.3 is 15.5 Å². The fraction of sp³-hybridized carbons (Fsp3) is 0.385. The number of hydrogen-bond donors (Lipinski definition) is 2. The Morgan fingerprint density at radius 3 is 2.74 bits per heavy atom. The van der Waals surface area contributed by atoms with Crippen molar-refractivity contribution in [2.24, 2.45) is 5.16 Å². The van der Waals surface area contributed by atoms with E-state index in [0.717, 1.165) is 5.71 Å². The first-order valence-corrected chi connectivity index (χ1v) is 5.99. The molecular weight excluding hydrogens is 249 g/mol. The Balaban J connectivity index is 1.80. The topological polar surface area (TPSA) is 62.7 Å². The summed E-state index contributed by atoms with van der Waals surface area (Å²) in [5.74, 6) is -0.342. The average molecular weight is 265 g/mol. The van der Waals surface area contributed by atoms with Gasteiger partial charge in [0.2, 0.25) is 0 Å². The number of carbonyl (C=O) groups excluding carboxylic acids is 1. The molecule has 0 saturated heterocycles. The number of oxime groups is 1. The Bertz CT molecular complexity index is 501. The van der Waals surface area contributed by atoms with Crippen molar-refractivity contribution in [3.8, 4) is 0 Å². The van der Waals surface area contributed by atoms with Gasteiger partial charge in [0.15, 0.2) is 5.60 Å². The maximum Gasteiger partial charge on any atom is 0.319 e. The summed E-state index contributed by atoms with van der Waals surface area (Å²) >= 11 is 0. The van der Waals surface area contributed by atoms with Crippen molar-refractivity contribution in [3.05, 3.63) is 30.1 Å². The predicted octanol–water partition coefficient (Wildman–Crippen LogP) is 2.50. The lowest BCUT2D eigenvalue weighted by Crippen LogP contribution is -2.42. The zero-order chi connectivity index (χ0) is 13.9. The Labute approximate surface area is 110 Å². The lowest BCUT2D eigenvalue weighted by atomic mass is 10.0. The highest BCUT2D eigenvalue weighted by molar-refractivity contribution is 5.89. The van der Waals surface area contributed by atoms with Gasteiger partial charge >= 0.3 is 6.03 Å². The number of benzene rings is 1. The maximum absolute atomic E-state index is 12.7. The van der Waals surface area contributed by atoms with Gasteiger partial charge in [-0.25, -0.2) is 9.18 Å². The minimum atomic E-state index is -0.496. The highest BCUT2D eigenvalue weighted by Crippen LogP contribution is 2.22. The van der Waals surface area contributed by atoms with Crippen LogP contribution in [0.15, 0.2) is 29.4 Å². The number of halogens is 1. The van der Waals surface area contributed by atoms with Crippen molar-refractivity contribution < 1.29 is 14.0 Å². The maximum atomic E-state index is 12.7. The number of hydrogen-bond acceptors (Lipinski definition) is 3. The van der Waals surface area contributed by atoms with E-state index in [0.29, 0.717) is 18.7 Å². The minimum absolute atomic E-state index is 0.342. The van der Waals surface area contributed by atoms with E-state index >= 15 is 0 Å². The van der Waals surface area contributed by atoms with Crippen LogP contribution in [0.4, 0.5) is 14.9 Å². The van der Waals surface area contributed by atoms with Crippen LogP contribution in [0, 0.1) is 5.82 Å². The molecule has 2 rings (SSSR count). The molecule has 6 heteroatoms. The molecule has 0 bridgehead atoms. The molecule has 1 aliphatic heterocycles. The number of anilines is 1. The number of amides is 2. The largest absolute Gasteiger partial charge is 0.387 e. The van der Waals surface area contributed by atoms with Crippen molar-refractivity contribution >= 4 is 17.4 Å². The molecule has 2 amide bonds. The number of rotatable bonds is 3. The zero-order valence-electron chi connectivity index (χ0n) is 10.9. The van der Waals surface area contributed by atoms with E-state index in [4.69, 9.17) is 4.84 Å². The average Bonchev–Trinajstić information content (AvgIpc) is 2.71. The van der Waals surface area contributed by atoms with Gasteiger partial charge in [0, 0.05) is 12.1 Å². The van der Waals surface area contributed by atoms with Crippen molar-refractivity contribution in [2.45, 2.75) is 25.9 Å². The second-order valence-corrected chi connectivity index (χ2v) is 4.86. The summed E-state index contributed by atoms with van der Waals surface area (Å²) in [4.78, 5) is 16.9. The molecule has 1 aromatic rings. The molecule has 2 N–H and O–H groups in total. The first-order valence-electron chi connectivity index (χ1n) is 5.99. The highest BCUT2D eigenvalue weighted by Gasteiger charge is 2.32. The predicted molar refractivity (Wildman–Crippen MR) is 70.6 cm³/mol. The monoisotopic (exact) mass is 265 g/mol. The van der Waals surface area contributed by atoms with Gasteiger partial charge in [-0.05, 0) is 38.1 Å². The Kier molecular flexibility index (Phi) is 3.69. The molecule has 0 spiro atoms. The van der Waals surface area contributed by atoms with Crippen molar-refractivity contribution in [1.29, 1.82) is 0 Å². The van der Waals surface area contributed by atoms with Crippen LogP contribution >= 0.6 is 0 Å². The first kappa shape index (κ1) is 13.3. The highest BCUT2D eigenvalue weighted by atomic mass is 19.1. The van der Waals surface area contributed by atoms with E-state index in [-0.39, 0.29) is 11.8 Å². The molecule has 0 radical (unpaired) electrons. The smallest absolute Gasteiger partial charge is 0.319 e. The summed E-state index contributed by atoms with van der Waals surface area (Å²) in [6.07, 6.45) is 0.684. The van der Waals surface area contributed by atoms with Crippen LogP contribution in [0.3, 0.4) is 0 Å². The summed E-state index contributed by atoms with van der Waals surface area (Å²) in [6, 6.07) is 5.20. The van der Waals surface area contributed by atoms with Gasteiger partial charge in [-0.3, -0.25) is 0 Å². The lowest BCUT2D eigenvalue weighted by molar-refractivity contribution is -0.0000959. The Morgan fingerprint density at radius 1 is 1.47 bits per heavy atom. The fourth-order valence-corrected chi connectivity index (χ4v) is 1.86. The molecule has 0 aromatic heterocycles. The summed E-state index contributed by atoms with van der Waals surface area (Å²) in [5.41, 5.74) is 0.941. The summed E-state index contributed by atoms with van der Waals surface area (Å²) < 4.78 is 12.7. The third-order valence-corrected chi connectivity index (χ3v) is 2.78. The van der Waals surface area contributed by atoms with Crippen LogP contribution in [-0.4, -0.2) is 23.9 Å². The molecular formula is C13H16FN3O2. The Hall–Kier alpha value is -2.11. The van der Waals surface area contributed by atoms with E-state index in [9.17, 15) is 9.18 Å². The molecule has 1 aliphatic rings. The van der Waals surface area contributed by atoms with Gasteiger partial charge in [0.25, 0.3) is 0 Å². The second-order valence-electron chi connectivity index (χ2n) is 4.86. The molecule has 102 valence electrons. The summed E-state index contributed by atoms with van der Waals surface area (Å²) in [7, 11) is 0. The van der Waals surface area contributed by atoms with Crippen LogP contribution in [0.1, 0.15) is 20.3 Å². The van der Waals surface area contributed by atoms with E-state index in [1.807, 2.05) is 13.8 Å². The van der Waals surface area contributed by atoms with Crippen molar-refractivity contribution in [3.63, 3.8) is 0 Å². The second kappa shape index (κ2) is 5.26. The van der Waals surface area contributed by atoms with Gasteiger partial charge in [0.05, 0.1) is 12.3 Å². The van der Waals surface area contributed by atoms with Gasteiger partial charge in [0.1, 0.15) is 5.82 Å². The minimum Gasteiger partial charge on any atom is -0.387 e. The van der Waals surface area contributed by atoms with Crippen molar-refractivity contribution in [1.82, 2.24) is 5.32 Å². The molecule has 0 unspecified atom stereocenters. The number of nitrogens with one attached hydrogen (secondary N) is 2. The molecule has 1 aromatic carbocycles. The van der Waals surface area contributed by atoms with Gasteiger partial charge in [-0.1, -0.05) is 5.16 Å². The molecule has 0 aliphatic carbocycles. The molecule has 0 saturated carbocycles. The van der Waals surface area contributed by atoms with Gasteiger partial charge in [-0.2, -0.15) is 0 Å². The van der Waals surface area contributed by atoms with Gasteiger partial charge in [-0.15, -0.1) is 0 Å². The number of urea groups is 1. The van der Waals surface area contributed by atoms with E-state index in [1.165, 1.54) is 24.3 Å². The summed E-state index contributed by atoms with van der Waals surface area (Å²) in [5, 5.41) is 9.18. The molecule has 19 heavy (non-hydrogen) atoms. The number of nitrogens with zero attached hydrogens (tertiary/aromatic N) is 1. The van der Waals surface area contributed by atoms with Crippen LogP contribution in [0.2, 0.25) is 0 Å². The lowest BCUT2D eigenvalue weighted by Gasteiger charge is -2.21. The van der Waals surface area contributed by atoms with Crippen molar-refractivity contribution in [2.75, 3.05) is 11.9 Å². The third-order valence-electron chi connectivity index (χ3n) is 2.78. The van der Waals surface area contributed by atoms with E-state index < -0.39 is 5.60 Å². The van der Waals surface area contributed by atoms with Crippen LogP contribution < -0.4 is 10.6 Å². The van der Waals surface area contributed by atoms with Crippen LogP contribution in [0.5, 0.6) is 0 Å². The SMILES string of the molecule is CC1=NO[C@@](C)(CNC(=O)Nc2ccc(F)cc2)C1. The quantitative estimate of drug-likeness (QED) is 0.882. The van der Waals surface area contributed by atoms with Crippen LogP contribution in [0.25, 0.3) is 0 Å². The van der Waals surface area contributed by atoms with E-state index in [2.05, 4.69) is 15.8 Å². The Morgan fingerprint density at radius 2 is 2.16 bits per heavy atom. The normalized spacial score (nSPS) is 21.5. The fourth-order valence-electron chi connectivity index (χ4n) is 1.86. The molecule has 5 nitrogen and oxygen atoms in total. The number of carbonyl (C=O) groups is 1. The zero-order valence-corrected chi connectivity index (χ0v) is 10.9. The van der Waals surface area contributed by atoms with E-state index in [1.54, 1.807) is 0 Å².